The van der Waals surface area contributed by atoms with E-state index in [9.17, 15) is 0 Å². The average molecular weight is 214 g/mol. The Labute approximate surface area is 96.4 Å². The normalized spacial score (nSPS) is 17.8. The number of nitrogens with zero attached hydrogens (tertiary/aromatic N) is 1. The summed E-state index contributed by atoms with van der Waals surface area (Å²) in [6.07, 6.45) is 2.48. The fraction of sp³-hybridized carbons (Fsp3) is 1.00. The van der Waals surface area contributed by atoms with Crippen LogP contribution in [-0.4, -0.2) is 37.1 Å². The largest absolute Gasteiger partial charge is 0.315 e. The summed E-state index contributed by atoms with van der Waals surface area (Å²) in [6, 6.07) is 1.26. The SMILES string of the molecule is CCC(C)CN(CC)C(C)C(CC)NC. The number of rotatable bonds is 8. The van der Waals surface area contributed by atoms with Gasteiger partial charge in [0.05, 0.1) is 0 Å². The summed E-state index contributed by atoms with van der Waals surface area (Å²) in [5.74, 6) is 0.807. The molecule has 15 heavy (non-hydrogen) atoms. The minimum absolute atomic E-state index is 0.619. The number of hydrogen-bond donors (Lipinski definition) is 1. The van der Waals surface area contributed by atoms with Gasteiger partial charge in [0.25, 0.3) is 0 Å². The zero-order valence-electron chi connectivity index (χ0n) is 11.5. The molecule has 0 fully saturated rings. The van der Waals surface area contributed by atoms with Gasteiger partial charge in [-0.1, -0.05) is 34.1 Å². The highest BCUT2D eigenvalue weighted by atomic mass is 15.2. The molecule has 2 heteroatoms. The van der Waals surface area contributed by atoms with Crippen LogP contribution >= 0.6 is 0 Å². The van der Waals surface area contributed by atoms with E-state index in [4.69, 9.17) is 0 Å². The molecule has 3 unspecified atom stereocenters. The molecule has 0 saturated heterocycles. The van der Waals surface area contributed by atoms with Crippen LogP contribution in [0.2, 0.25) is 0 Å². The van der Waals surface area contributed by atoms with Crippen LogP contribution in [0.15, 0.2) is 0 Å². The second-order valence-electron chi connectivity index (χ2n) is 4.64. The van der Waals surface area contributed by atoms with E-state index in [1.54, 1.807) is 0 Å². The molecule has 0 spiro atoms. The fourth-order valence-electron chi connectivity index (χ4n) is 2.15. The molecule has 0 amide bonds. The number of nitrogens with one attached hydrogen (secondary N) is 1. The molecular weight excluding hydrogens is 184 g/mol. The summed E-state index contributed by atoms with van der Waals surface area (Å²) in [5, 5.41) is 3.42. The smallest absolute Gasteiger partial charge is 0.0220 e. The monoisotopic (exact) mass is 214 g/mol. The van der Waals surface area contributed by atoms with Crippen molar-refractivity contribution in [1.82, 2.24) is 10.2 Å². The van der Waals surface area contributed by atoms with Crippen molar-refractivity contribution in [1.29, 1.82) is 0 Å². The molecule has 2 nitrogen and oxygen atoms in total. The number of hydrogen-bond acceptors (Lipinski definition) is 2. The maximum atomic E-state index is 3.42. The lowest BCUT2D eigenvalue weighted by atomic mass is 10.0. The zero-order valence-corrected chi connectivity index (χ0v) is 11.5. The molecule has 0 heterocycles. The lowest BCUT2D eigenvalue weighted by Crippen LogP contribution is -2.48. The maximum Gasteiger partial charge on any atom is 0.0220 e. The van der Waals surface area contributed by atoms with Gasteiger partial charge in [-0.25, -0.2) is 0 Å². The fourth-order valence-corrected chi connectivity index (χ4v) is 2.15. The zero-order chi connectivity index (χ0) is 11.8. The van der Waals surface area contributed by atoms with Gasteiger partial charge in [0, 0.05) is 18.6 Å². The summed E-state index contributed by atoms with van der Waals surface area (Å²) in [5.41, 5.74) is 0. The van der Waals surface area contributed by atoms with E-state index in [0.717, 1.165) is 12.5 Å². The topological polar surface area (TPSA) is 15.3 Å². The molecule has 0 aliphatic heterocycles. The van der Waals surface area contributed by atoms with E-state index in [1.165, 1.54) is 19.4 Å². The van der Waals surface area contributed by atoms with Gasteiger partial charge in [-0.2, -0.15) is 0 Å². The van der Waals surface area contributed by atoms with Crippen molar-refractivity contribution >= 4 is 0 Å². The number of likely N-dealkylation sites (N-methyl/N-ethyl adjacent to an activating group) is 2. The van der Waals surface area contributed by atoms with E-state index in [0.29, 0.717) is 12.1 Å². The van der Waals surface area contributed by atoms with Gasteiger partial charge in [0.1, 0.15) is 0 Å². The van der Waals surface area contributed by atoms with Gasteiger partial charge in [-0.15, -0.1) is 0 Å². The molecule has 0 aliphatic rings. The molecule has 0 aromatic rings. The summed E-state index contributed by atoms with van der Waals surface area (Å²) >= 11 is 0. The second-order valence-corrected chi connectivity index (χ2v) is 4.64. The van der Waals surface area contributed by atoms with Crippen molar-refractivity contribution in [2.45, 2.75) is 59.5 Å². The molecule has 0 aromatic heterocycles. The van der Waals surface area contributed by atoms with Crippen molar-refractivity contribution in [3.8, 4) is 0 Å². The van der Waals surface area contributed by atoms with Crippen LogP contribution in [0.3, 0.4) is 0 Å². The first-order chi connectivity index (χ1) is 7.10. The third kappa shape index (κ3) is 4.98. The van der Waals surface area contributed by atoms with Gasteiger partial charge in [-0.3, -0.25) is 4.90 Å². The van der Waals surface area contributed by atoms with Gasteiger partial charge < -0.3 is 5.32 Å². The highest BCUT2D eigenvalue weighted by Crippen LogP contribution is 2.11. The third-order valence-electron chi connectivity index (χ3n) is 3.62. The van der Waals surface area contributed by atoms with Gasteiger partial charge >= 0.3 is 0 Å². The van der Waals surface area contributed by atoms with Crippen molar-refractivity contribution in [2.75, 3.05) is 20.1 Å². The third-order valence-corrected chi connectivity index (χ3v) is 3.62. The minimum atomic E-state index is 0.619. The van der Waals surface area contributed by atoms with Gasteiger partial charge in [0.2, 0.25) is 0 Å². The Morgan fingerprint density at radius 1 is 1.07 bits per heavy atom. The average Bonchev–Trinajstić information content (AvgIpc) is 2.26. The minimum Gasteiger partial charge on any atom is -0.315 e. The summed E-state index contributed by atoms with van der Waals surface area (Å²) < 4.78 is 0. The van der Waals surface area contributed by atoms with E-state index in [1.807, 2.05) is 0 Å². The molecular formula is C13H30N2. The van der Waals surface area contributed by atoms with Crippen LogP contribution in [0.1, 0.15) is 47.5 Å². The van der Waals surface area contributed by atoms with Crippen molar-refractivity contribution in [2.24, 2.45) is 5.92 Å². The van der Waals surface area contributed by atoms with E-state index in [-0.39, 0.29) is 0 Å². The molecule has 0 rings (SSSR count). The summed E-state index contributed by atoms with van der Waals surface area (Å²) in [4.78, 5) is 2.60. The molecule has 0 bridgehead atoms. The first-order valence-corrected chi connectivity index (χ1v) is 6.51. The predicted octanol–water partition coefficient (Wildman–Crippen LogP) is 2.74. The highest BCUT2D eigenvalue weighted by Gasteiger charge is 2.20. The molecule has 92 valence electrons. The van der Waals surface area contributed by atoms with E-state index >= 15 is 0 Å². The van der Waals surface area contributed by atoms with Crippen LogP contribution in [0.4, 0.5) is 0 Å². The van der Waals surface area contributed by atoms with Crippen molar-refractivity contribution < 1.29 is 0 Å². The molecule has 0 aromatic carbocycles. The van der Waals surface area contributed by atoms with E-state index < -0.39 is 0 Å². The molecule has 0 aliphatic carbocycles. The molecule has 0 saturated carbocycles. The maximum absolute atomic E-state index is 3.42. The summed E-state index contributed by atoms with van der Waals surface area (Å²) in [7, 11) is 2.07. The Balaban J connectivity index is 4.24. The standard InChI is InChI=1S/C13H30N2/c1-7-11(4)10-15(9-3)12(5)13(8-2)14-6/h11-14H,7-10H2,1-6H3. The quantitative estimate of drug-likeness (QED) is 0.668. The second kappa shape index (κ2) is 8.12. The van der Waals surface area contributed by atoms with Crippen LogP contribution in [0.5, 0.6) is 0 Å². The molecule has 1 N–H and O–H groups in total. The predicted molar refractivity (Wildman–Crippen MR) is 69.3 cm³/mol. The highest BCUT2D eigenvalue weighted by molar-refractivity contribution is 4.79. The van der Waals surface area contributed by atoms with Crippen LogP contribution in [0, 0.1) is 5.92 Å². The van der Waals surface area contributed by atoms with Gasteiger partial charge in [0.15, 0.2) is 0 Å². The first kappa shape index (κ1) is 14.9. The Morgan fingerprint density at radius 2 is 1.67 bits per heavy atom. The van der Waals surface area contributed by atoms with Gasteiger partial charge in [-0.05, 0) is 32.9 Å². The van der Waals surface area contributed by atoms with Crippen LogP contribution in [0.25, 0.3) is 0 Å². The molecule has 0 radical (unpaired) electrons. The van der Waals surface area contributed by atoms with Crippen LogP contribution < -0.4 is 5.32 Å². The Hall–Kier alpha value is -0.0800. The van der Waals surface area contributed by atoms with E-state index in [2.05, 4.69) is 51.9 Å². The van der Waals surface area contributed by atoms with Crippen molar-refractivity contribution in [3.63, 3.8) is 0 Å². The lowest BCUT2D eigenvalue weighted by Gasteiger charge is -2.35. The van der Waals surface area contributed by atoms with Crippen LogP contribution in [-0.2, 0) is 0 Å². The lowest BCUT2D eigenvalue weighted by molar-refractivity contribution is 0.155. The van der Waals surface area contributed by atoms with Crippen molar-refractivity contribution in [3.05, 3.63) is 0 Å². The first-order valence-electron chi connectivity index (χ1n) is 6.51. The summed E-state index contributed by atoms with van der Waals surface area (Å²) in [6.45, 7) is 13.9. The Morgan fingerprint density at radius 3 is 2.00 bits per heavy atom. The Kier molecular flexibility index (Phi) is 8.07. The Bertz CT molecular complexity index is 143. The molecule has 3 atom stereocenters.